The molecule has 1 aromatic heterocycles. The van der Waals surface area contributed by atoms with E-state index in [-0.39, 0.29) is 0 Å². The third-order valence-corrected chi connectivity index (χ3v) is 4.34. The zero-order chi connectivity index (χ0) is 15.0. The fourth-order valence-electron chi connectivity index (χ4n) is 2.36. The quantitative estimate of drug-likeness (QED) is 0.573. The molecule has 0 N–H and O–H groups in total. The number of halogens is 2. The summed E-state index contributed by atoms with van der Waals surface area (Å²) < 4.78 is 0.903. The minimum Gasteiger partial charge on any atom is -0.232 e. The van der Waals surface area contributed by atoms with Crippen LogP contribution in [0.4, 0.5) is 0 Å². The molecule has 2 nitrogen and oxygen atoms in total. The lowest BCUT2D eigenvalue weighted by atomic mass is 10.0. The fraction of sp³-hybridized carbons (Fsp3) is 0.176. The molecule has 0 saturated carbocycles. The lowest BCUT2D eigenvalue weighted by molar-refractivity contribution is 0.831. The summed E-state index contributed by atoms with van der Waals surface area (Å²) in [5.41, 5.74) is 2.83. The van der Waals surface area contributed by atoms with Crippen molar-refractivity contribution in [3.05, 3.63) is 57.7 Å². The highest BCUT2D eigenvalue weighted by atomic mass is 79.9. The second-order valence-electron chi connectivity index (χ2n) is 5.20. The zero-order valence-electron chi connectivity index (χ0n) is 11.8. The van der Waals surface area contributed by atoms with Crippen molar-refractivity contribution in [2.75, 3.05) is 0 Å². The van der Waals surface area contributed by atoms with Crippen molar-refractivity contribution in [1.29, 1.82) is 0 Å². The van der Waals surface area contributed by atoms with Gasteiger partial charge in [0.25, 0.3) is 0 Å². The van der Waals surface area contributed by atoms with Gasteiger partial charge in [-0.05, 0) is 40.0 Å². The number of benzene rings is 2. The van der Waals surface area contributed by atoms with Gasteiger partial charge in [-0.25, -0.2) is 9.97 Å². The van der Waals surface area contributed by atoms with Gasteiger partial charge in [0.05, 0.1) is 21.8 Å². The van der Waals surface area contributed by atoms with Gasteiger partial charge in [0.15, 0.2) is 5.82 Å². The molecule has 0 aliphatic rings. The third-order valence-electron chi connectivity index (χ3n) is 3.37. The van der Waals surface area contributed by atoms with E-state index in [9.17, 15) is 0 Å². The van der Waals surface area contributed by atoms with Crippen LogP contribution < -0.4 is 0 Å². The van der Waals surface area contributed by atoms with Crippen LogP contribution >= 0.6 is 27.5 Å². The molecule has 0 radical (unpaired) electrons. The van der Waals surface area contributed by atoms with Gasteiger partial charge in [-0.15, -0.1) is 0 Å². The first-order chi connectivity index (χ1) is 10.1. The highest BCUT2D eigenvalue weighted by Gasteiger charge is 2.15. The molecule has 0 saturated heterocycles. The highest BCUT2D eigenvalue weighted by Crippen LogP contribution is 2.34. The van der Waals surface area contributed by atoms with Crippen LogP contribution in [0, 0.1) is 0 Å². The zero-order valence-corrected chi connectivity index (χ0v) is 14.1. The molecule has 0 bridgehead atoms. The monoisotopic (exact) mass is 360 g/mol. The van der Waals surface area contributed by atoms with Gasteiger partial charge in [0.1, 0.15) is 0 Å². The molecule has 0 atom stereocenters. The molecule has 0 spiro atoms. The Labute approximate surface area is 137 Å². The highest BCUT2D eigenvalue weighted by molar-refractivity contribution is 9.10. The van der Waals surface area contributed by atoms with Crippen molar-refractivity contribution in [3.63, 3.8) is 0 Å². The Morgan fingerprint density at radius 2 is 1.76 bits per heavy atom. The number of hydrogen-bond donors (Lipinski definition) is 0. The summed E-state index contributed by atoms with van der Waals surface area (Å²) in [7, 11) is 0. The summed E-state index contributed by atoms with van der Waals surface area (Å²) in [4.78, 5) is 9.45. The van der Waals surface area contributed by atoms with Crippen molar-refractivity contribution in [3.8, 4) is 11.4 Å². The van der Waals surface area contributed by atoms with Crippen molar-refractivity contribution in [2.24, 2.45) is 0 Å². The molecule has 106 valence electrons. The lowest BCUT2D eigenvalue weighted by Crippen LogP contribution is -2.00. The fourth-order valence-corrected chi connectivity index (χ4v) is 3.28. The topological polar surface area (TPSA) is 25.8 Å². The van der Waals surface area contributed by atoms with Crippen LogP contribution in [0.1, 0.15) is 25.5 Å². The first-order valence-corrected chi connectivity index (χ1v) is 7.96. The number of hydrogen-bond acceptors (Lipinski definition) is 2. The Bertz CT molecular complexity index is 795. The van der Waals surface area contributed by atoms with E-state index < -0.39 is 0 Å². The van der Waals surface area contributed by atoms with E-state index in [1.54, 1.807) is 0 Å². The second-order valence-corrected chi connectivity index (χ2v) is 6.46. The Morgan fingerprint density at radius 3 is 2.48 bits per heavy atom. The van der Waals surface area contributed by atoms with Crippen molar-refractivity contribution < 1.29 is 0 Å². The molecule has 0 fully saturated rings. The summed E-state index contributed by atoms with van der Waals surface area (Å²) in [6.45, 7) is 4.28. The van der Waals surface area contributed by atoms with Crippen LogP contribution in [0.2, 0.25) is 5.02 Å². The van der Waals surface area contributed by atoms with Gasteiger partial charge >= 0.3 is 0 Å². The number of aromatic nitrogens is 2. The lowest BCUT2D eigenvalue weighted by Gasteiger charge is -2.13. The molecule has 3 aromatic rings. The molecule has 0 aliphatic carbocycles. The Morgan fingerprint density at radius 1 is 1.00 bits per heavy atom. The molecule has 0 aliphatic heterocycles. The molecular formula is C17H14BrClN2. The summed E-state index contributed by atoms with van der Waals surface area (Å²) in [5.74, 6) is 0.979. The van der Waals surface area contributed by atoms with Crippen LogP contribution in [0.5, 0.6) is 0 Å². The van der Waals surface area contributed by atoms with E-state index in [2.05, 4.69) is 40.8 Å². The van der Waals surface area contributed by atoms with Crippen molar-refractivity contribution in [1.82, 2.24) is 9.97 Å². The number of para-hydroxylation sites is 1. The smallest absolute Gasteiger partial charge is 0.162 e. The predicted octanol–water partition coefficient (Wildman–Crippen LogP) is 5.84. The molecule has 21 heavy (non-hydrogen) atoms. The second kappa shape index (κ2) is 5.74. The van der Waals surface area contributed by atoms with Gasteiger partial charge in [-0.2, -0.15) is 0 Å². The van der Waals surface area contributed by atoms with Gasteiger partial charge in [0, 0.05) is 9.86 Å². The molecular weight excluding hydrogens is 348 g/mol. The Hall–Kier alpha value is -1.45. The summed E-state index contributed by atoms with van der Waals surface area (Å²) in [6.07, 6.45) is 0. The predicted molar refractivity (Wildman–Crippen MR) is 91.8 cm³/mol. The van der Waals surface area contributed by atoms with Crippen molar-refractivity contribution >= 4 is 38.4 Å². The average molecular weight is 362 g/mol. The van der Waals surface area contributed by atoms with Crippen LogP contribution in [0.15, 0.2) is 46.9 Å². The standard InChI is InChI=1S/C17H14BrClN2/c1-10(2)16-11-6-3-4-9-14(11)20-17(21-16)15-12(18)7-5-8-13(15)19/h3-10H,1-2H3. The van der Waals surface area contributed by atoms with E-state index in [4.69, 9.17) is 16.6 Å². The largest absolute Gasteiger partial charge is 0.232 e. The average Bonchev–Trinajstić information content (AvgIpc) is 2.46. The number of fused-ring (bicyclic) bond motifs is 1. The van der Waals surface area contributed by atoms with E-state index in [1.807, 2.05) is 36.4 Å². The van der Waals surface area contributed by atoms with E-state index in [1.165, 1.54) is 0 Å². The third kappa shape index (κ3) is 2.68. The minimum absolute atomic E-state index is 0.318. The van der Waals surface area contributed by atoms with Crippen LogP contribution in [0.25, 0.3) is 22.3 Å². The van der Waals surface area contributed by atoms with Crippen LogP contribution in [-0.4, -0.2) is 9.97 Å². The van der Waals surface area contributed by atoms with E-state index in [0.29, 0.717) is 16.8 Å². The van der Waals surface area contributed by atoms with Crippen molar-refractivity contribution in [2.45, 2.75) is 19.8 Å². The molecule has 1 heterocycles. The maximum atomic E-state index is 6.34. The SMILES string of the molecule is CC(C)c1nc(-c2c(Cl)cccc2Br)nc2ccccc12. The number of rotatable bonds is 2. The first-order valence-electron chi connectivity index (χ1n) is 6.79. The summed E-state index contributed by atoms with van der Waals surface area (Å²) in [6, 6.07) is 13.8. The normalized spacial score (nSPS) is 11.3. The van der Waals surface area contributed by atoms with Gasteiger partial charge in [-0.1, -0.05) is 49.7 Å². The van der Waals surface area contributed by atoms with Crippen LogP contribution in [0.3, 0.4) is 0 Å². The first kappa shape index (κ1) is 14.5. The molecule has 2 aromatic carbocycles. The Balaban J connectivity index is 2.34. The van der Waals surface area contributed by atoms with Gasteiger partial charge in [0.2, 0.25) is 0 Å². The van der Waals surface area contributed by atoms with E-state index in [0.717, 1.165) is 26.6 Å². The molecule has 0 unspecified atom stereocenters. The number of nitrogens with zero attached hydrogens (tertiary/aromatic N) is 2. The Kier molecular flexibility index (Phi) is 3.96. The van der Waals surface area contributed by atoms with Gasteiger partial charge in [-0.3, -0.25) is 0 Å². The van der Waals surface area contributed by atoms with E-state index >= 15 is 0 Å². The minimum atomic E-state index is 0.318. The maximum absolute atomic E-state index is 6.34. The summed E-state index contributed by atoms with van der Waals surface area (Å²) >= 11 is 9.88. The summed E-state index contributed by atoms with van der Waals surface area (Å²) in [5, 5.41) is 1.74. The van der Waals surface area contributed by atoms with Crippen LogP contribution in [-0.2, 0) is 0 Å². The molecule has 4 heteroatoms. The van der Waals surface area contributed by atoms with Gasteiger partial charge < -0.3 is 0 Å². The molecule has 0 amide bonds. The molecule has 3 rings (SSSR count). The maximum Gasteiger partial charge on any atom is 0.162 e.